The van der Waals surface area contributed by atoms with Crippen molar-refractivity contribution in [2.45, 2.75) is 43.3 Å². The van der Waals surface area contributed by atoms with Gasteiger partial charge in [-0.25, -0.2) is 4.90 Å². The van der Waals surface area contributed by atoms with Gasteiger partial charge in [0.15, 0.2) is 10.6 Å². The van der Waals surface area contributed by atoms with Crippen LogP contribution in [0.1, 0.15) is 61.7 Å². The van der Waals surface area contributed by atoms with Crippen LogP contribution in [-0.4, -0.2) is 39.0 Å². The fourth-order valence-corrected chi connectivity index (χ4v) is 7.01. The normalized spacial score (nSPS) is 22.5. The van der Waals surface area contributed by atoms with Crippen LogP contribution in [0.2, 0.25) is 0 Å². The molecule has 4 atom stereocenters. The molecule has 2 aliphatic rings. The van der Waals surface area contributed by atoms with Gasteiger partial charge in [-0.3, -0.25) is 9.59 Å². The maximum absolute atomic E-state index is 12.9. The summed E-state index contributed by atoms with van der Waals surface area (Å²) in [6, 6.07) is 21.8. The Morgan fingerprint density at radius 2 is 1.55 bits per heavy atom. The number of imide groups is 1. The smallest absolute Gasteiger partial charge is 0.266 e. The molecule has 2 amide bonds. The van der Waals surface area contributed by atoms with Crippen LogP contribution in [0.5, 0.6) is 0 Å². The predicted octanol–water partition coefficient (Wildman–Crippen LogP) is 5.72. The van der Waals surface area contributed by atoms with E-state index in [4.69, 9.17) is 9.47 Å². The number of ether oxygens (including phenoxy) is 2. The number of hydrogen-bond acceptors (Lipinski definition) is 9. The molecule has 10 heteroatoms. The van der Waals surface area contributed by atoms with Crippen LogP contribution in [-0.2, 0) is 16.1 Å². The molecule has 0 aliphatic carbocycles. The largest absolute Gasteiger partial charge is 0.392 e. The Morgan fingerprint density at radius 1 is 0.900 bits per heavy atom. The average Bonchev–Trinajstić information content (AvgIpc) is 3.52. The third kappa shape index (κ3) is 5.09. The van der Waals surface area contributed by atoms with Crippen molar-refractivity contribution in [1.82, 2.24) is 10.2 Å². The Hall–Kier alpha value is -3.41. The van der Waals surface area contributed by atoms with E-state index in [2.05, 4.69) is 17.1 Å². The topological polar surface area (TPSA) is 102 Å². The van der Waals surface area contributed by atoms with Crippen LogP contribution < -0.4 is 4.90 Å². The van der Waals surface area contributed by atoms with Crippen molar-refractivity contribution < 1.29 is 24.2 Å². The highest BCUT2D eigenvalue weighted by molar-refractivity contribution is 8.01. The fourth-order valence-electron chi connectivity index (χ4n) is 5.00. The number of anilines is 1. The molecular formula is C30H27N3O5S2. The summed E-state index contributed by atoms with van der Waals surface area (Å²) in [5, 5.41) is 18.7. The first-order valence-corrected chi connectivity index (χ1v) is 14.7. The molecule has 0 radical (unpaired) electrons. The average molecular weight is 574 g/mol. The third-order valence-corrected chi connectivity index (χ3v) is 9.28. The summed E-state index contributed by atoms with van der Waals surface area (Å²) < 4.78 is 13.9. The predicted molar refractivity (Wildman–Crippen MR) is 152 cm³/mol. The lowest BCUT2D eigenvalue weighted by molar-refractivity contribution is -0.268. The number of carbonyl (C=O) groups is 2. The molecule has 1 aromatic heterocycles. The van der Waals surface area contributed by atoms with Crippen LogP contribution in [0, 0.1) is 12.8 Å². The van der Waals surface area contributed by atoms with E-state index in [0.717, 1.165) is 26.0 Å². The van der Waals surface area contributed by atoms with Crippen molar-refractivity contribution in [2.75, 3.05) is 10.7 Å². The molecule has 2 aliphatic heterocycles. The Balaban J connectivity index is 1.25. The molecule has 1 fully saturated rings. The van der Waals surface area contributed by atoms with Crippen LogP contribution in [0.15, 0.2) is 77.1 Å². The third-order valence-electron chi connectivity index (χ3n) is 7.22. The zero-order valence-corrected chi connectivity index (χ0v) is 23.5. The van der Waals surface area contributed by atoms with Gasteiger partial charge in [-0.15, -0.1) is 10.2 Å². The lowest BCUT2D eigenvalue weighted by Gasteiger charge is -2.41. The molecule has 3 heterocycles. The van der Waals surface area contributed by atoms with Crippen LogP contribution in [0.4, 0.5) is 5.69 Å². The maximum Gasteiger partial charge on any atom is 0.266 e. The quantitative estimate of drug-likeness (QED) is 0.221. The Kier molecular flexibility index (Phi) is 7.52. The van der Waals surface area contributed by atoms with E-state index in [1.807, 2.05) is 43.3 Å². The van der Waals surface area contributed by atoms with Gasteiger partial charge < -0.3 is 14.6 Å². The lowest BCUT2D eigenvalue weighted by atomic mass is 9.91. The van der Waals surface area contributed by atoms with E-state index >= 15 is 0 Å². The number of thioether (sulfide) groups is 1. The van der Waals surface area contributed by atoms with Crippen LogP contribution in [0.3, 0.4) is 0 Å². The summed E-state index contributed by atoms with van der Waals surface area (Å²) in [6.45, 7) is 4.03. The van der Waals surface area contributed by atoms with Gasteiger partial charge in [0.05, 0.1) is 35.6 Å². The second kappa shape index (κ2) is 11.2. The molecule has 6 rings (SSSR count). The summed E-state index contributed by atoms with van der Waals surface area (Å²) in [4.78, 5) is 27.1. The molecule has 1 saturated heterocycles. The van der Waals surface area contributed by atoms with Crippen molar-refractivity contribution >= 4 is 40.6 Å². The number of benzene rings is 3. The van der Waals surface area contributed by atoms with Crippen molar-refractivity contribution in [2.24, 2.45) is 5.92 Å². The standard InChI is InChI=1S/C30H27N3O5S2/c1-17-25(16-39-30-32-31-18(2)40-30)37-29(38-26(17)20-9-7-19(15-34)8-10-20)21-11-13-22(14-12-21)33-27(35)23-5-3-4-6-24(23)28(33)36/h3-14,17,25-26,29,34H,15-16H2,1-2H3/t17-,25+,26+,29+/m0/s1. The zero-order chi connectivity index (χ0) is 27.8. The minimum absolute atomic E-state index is 0.0208. The van der Waals surface area contributed by atoms with Crippen molar-refractivity contribution in [3.63, 3.8) is 0 Å². The molecular weight excluding hydrogens is 546 g/mol. The molecule has 8 nitrogen and oxygen atoms in total. The summed E-state index contributed by atoms with van der Waals surface area (Å²) in [7, 11) is 0. The molecule has 4 aromatic rings. The first-order valence-electron chi connectivity index (χ1n) is 12.9. The second-order valence-electron chi connectivity index (χ2n) is 9.80. The van der Waals surface area contributed by atoms with Crippen LogP contribution >= 0.6 is 23.1 Å². The first kappa shape index (κ1) is 26.8. The summed E-state index contributed by atoms with van der Waals surface area (Å²) in [5.74, 6) is 0.0504. The molecule has 1 N–H and O–H groups in total. The van der Waals surface area contributed by atoms with Crippen molar-refractivity contribution in [1.29, 1.82) is 0 Å². The van der Waals surface area contributed by atoms with E-state index in [9.17, 15) is 14.7 Å². The highest BCUT2D eigenvalue weighted by Crippen LogP contribution is 2.43. The summed E-state index contributed by atoms with van der Waals surface area (Å²) in [6.07, 6.45) is -1.05. The lowest BCUT2D eigenvalue weighted by Crippen LogP contribution is -2.38. The molecule has 204 valence electrons. The Morgan fingerprint density at radius 3 is 2.15 bits per heavy atom. The monoisotopic (exact) mass is 573 g/mol. The van der Waals surface area contributed by atoms with E-state index < -0.39 is 6.29 Å². The molecule has 3 aromatic carbocycles. The molecule has 0 bridgehead atoms. The summed E-state index contributed by atoms with van der Waals surface area (Å²) in [5.41, 5.74) is 3.93. The van der Waals surface area contributed by atoms with Gasteiger partial charge in [0.1, 0.15) is 5.01 Å². The van der Waals surface area contributed by atoms with Gasteiger partial charge >= 0.3 is 0 Å². The highest BCUT2D eigenvalue weighted by Gasteiger charge is 2.39. The number of hydrogen-bond donors (Lipinski definition) is 1. The number of aryl methyl sites for hydroxylation is 1. The van der Waals surface area contributed by atoms with E-state index in [0.29, 0.717) is 22.6 Å². The van der Waals surface area contributed by atoms with Gasteiger partial charge in [0, 0.05) is 17.2 Å². The number of aliphatic hydroxyl groups is 1. The second-order valence-corrected chi connectivity index (χ2v) is 12.3. The molecule has 0 spiro atoms. The van der Waals surface area contributed by atoms with Crippen LogP contribution in [0.25, 0.3) is 0 Å². The fraction of sp³-hybridized carbons (Fsp3) is 0.267. The molecule has 0 unspecified atom stereocenters. The molecule has 0 saturated carbocycles. The van der Waals surface area contributed by atoms with E-state index in [1.165, 1.54) is 4.90 Å². The van der Waals surface area contributed by atoms with Gasteiger partial charge in [-0.1, -0.05) is 78.6 Å². The van der Waals surface area contributed by atoms with E-state index in [-0.39, 0.29) is 36.5 Å². The summed E-state index contributed by atoms with van der Waals surface area (Å²) >= 11 is 3.17. The Bertz CT molecular complexity index is 1500. The SMILES string of the molecule is Cc1nnc(SC[C@H]2O[C@@H](c3ccc(N4C(=O)c5ccccc5C4=O)cc3)O[C@@H](c3ccc(CO)cc3)[C@H]2C)s1. The minimum Gasteiger partial charge on any atom is -0.392 e. The van der Waals surface area contributed by atoms with Gasteiger partial charge in [0.2, 0.25) is 0 Å². The number of fused-ring (bicyclic) bond motifs is 1. The van der Waals surface area contributed by atoms with Crippen molar-refractivity contribution in [3.05, 3.63) is 106 Å². The Labute approximate surface area is 240 Å². The maximum atomic E-state index is 12.9. The number of aliphatic hydroxyl groups excluding tert-OH is 1. The van der Waals surface area contributed by atoms with Gasteiger partial charge in [0.25, 0.3) is 11.8 Å². The number of carbonyl (C=O) groups excluding carboxylic acids is 2. The number of rotatable bonds is 7. The first-order chi connectivity index (χ1) is 19.4. The minimum atomic E-state index is -0.656. The zero-order valence-electron chi connectivity index (χ0n) is 21.9. The number of aromatic nitrogens is 2. The van der Waals surface area contributed by atoms with Gasteiger partial charge in [-0.05, 0) is 42.3 Å². The van der Waals surface area contributed by atoms with E-state index in [1.54, 1.807) is 59.5 Å². The van der Waals surface area contributed by atoms with Crippen molar-refractivity contribution in [3.8, 4) is 0 Å². The number of nitrogens with zero attached hydrogens (tertiary/aromatic N) is 3. The van der Waals surface area contributed by atoms with Gasteiger partial charge in [-0.2, -0.15) is 0 Å². The molecule has 40 heavy (non-hydrogen) atoms. The number of amides is 2. The highest BCUT2D eigenvalue weighted by atomic mass is 32.2.